The first-order valence-corrected chi connectivity index (χ1v) is 8.02. The summed E-state index contributed by atoms with van der Waals surface area (Å²) in [5, 5.41) is 2.57. The highest BCUT2D eigenvalue weighted by atomic mass is 19.1. The van der Waals surface area contributed by atoms with Crippen LogP contribution in [0.4, 0.5) is 9.18 Å². The van der Waals surface area contributed by atoms with E-state index in [2.05, 4.69) is 5.32 Å². The number of hydrogen-bond acceptors (Lipinski definition) is 5. The summed E-state index contributed by atoms with van der Waals surface area (Å²) < 4.78 is 23.7. The molecule has 0 aromatic heterocycles. The Kier molecular flexibility index (Phi) is 6.54. The molecule has 7 heteroatoms. The van der Waals surface area contributed by atoms with Crippen LogP contribution in [-0.4, -0.2) is 29.3 Å². The van der Waals surface area contributed by atoms with Crippen LogP contribution in [0.1, 0.15) is 53.1 Å². The number of esters is 1. The van der Waals surface area contributed by atoms with Gasteiger partial charge in [-0.3, -0.25) is 4.79 Å². The van der Waals surface area contributed by atoms with Crippen LogP contribution in [0, 0.1) is 5.82 Å². The van der Waals surface area contributed by atoms with Gasteiger partial charge in [-0.1, -0.05) is 12.1 Å². The topological polar surface area (TPSA) is 90.6 Å². The van der Waals surface area contributed by atoms with Crippen molar-refractivity contribution in [1.82, 2.24) is 5.32 Å². The van der Waals surface area contributed by atoms with Gasteiger partial charge in [0.2, 0.25) is 0 Å². The third kappa shape index (κ3) is 7.51. The van der Waals surface area contributed by atoms with E-state index >= 15 is 0 Å². The fourth-order valence-corrected chi connectivity index (χ4v) is 1.99. The van der Waals surface area contributed by atoms with Crippen LogP contribution in [0.25, 0.3) is 0 Å². The summed E-state index contributed by atoms with van der Waals surface area (Å²) in [6.45, 7) is 10.3. The number of ether oxygens (including phenoxy) is 2. The maximum atomic E-state index is 13.2. The Morgan fingerprint density at radius 2 is 1.48 bits per heavy atom. The fraction of sp³-hybridized carbons (Fsp3) is 0.556. The molecule has 1 amide bonds. The van der Waals surface area contributed by atoms with Gasteiger partial charge in [-0.15, -0.1) is 0 Å². The Morgan fingerprint density at radius 3 is 1.92 bits per heavy atom. The van der Waals surface area contributed by atoms with E-state index in [1.165, 1.54) is 24.3 Å². The lowest BCUT2D eigenvalue weighted by Crippen LogP contribution is -2.48. The van der Waals surface area contributed by atoms with E-state index < -0.39 is 41.2 Å². The van der Waals surface area contributed by atoms with Crippen molar-refractivity contribution in [2.24, 2.45) is 5.73 Å². The first kappa shape index (κ1) is 20.9. The fourth-order valence-electron chi connectivity index (χ4n) is 1.99. The van der Waals surface area contributed by atoms with Crippen molar-refractivity contribution in [3.8, 4) is 0 Å². The van der Waals surface area contributed by atoms with Crippen molar-refractivity contribution in [3.05, 3.63) is 35.6 Å². The van der Waals surface area contributed by atoms with Crippen LogP contribution >= 0.6 is 0 Å². The van der Waals surface area contributed by atoms with Crippen LogP contribution in [0.5, 0.6) is 0 Å². The average molecular weight is 354 g/mol. The Bertz CT molecular complexity index is 603. The summed E-state index contributed by atoms with van der Waals surface area (Å²) in [7, 11) is 0. The van der Waals surface area contributed by atoms with E-state index in [9.17, 15) is 14.0 Å². The number of halogens is 1. The predicted octanol–water partition coefficient (Wildman–Crippen LogP) is 3.06. The van der Waals surface area contributed by atoms with E-state index in [1.807, 2.05) is 0 Å². The van der Waals surface area contributed by atoms with Crippen LogP contribution in [-0.2, 0) is 14.3 Å². The maximum absolute atomic E-state index is 13.2. The molecule has 0 unspecified atom stereocenters. The molecule has 0 bridgehead atoms. The summed E-state index contributed by atoms with van der Waals surface area (Å²) in [4.78, 5) is 24.4. The Balaban J connectivity index is 3.04. The summed E-state index contributed by atoms with van der Waals surface area (Å²) in [5.41, 5.74) is 5.03. The number of benzene rings is 1. The summed E-state index contributed by atoms with van der Waals surface area (Å²) in [6, 6.07) is 3.23. The van der Waals surface area contributed by atoms with Gasteiger partial charge >= 0.3 is 12.1 Å². The highest BCUT2D eigenvalue weighted by Gasteiger charge is 2.32. The molecular formula is C18H27FN2O4. The number of nitrogens with two attached hydrogens (primary N) is 1. The zero-order valence-electron chi connectivity index (χ0n) is 15.6. The molecule has 1 rings (SSSR count). The van der Waals surface area contributed by atoms with E-state index in [4.69, 9.17) is 15.2 Å². The van der Waals surface area contributed by atoms with Crippen molar-refractivity contribution in [2.45, 2.75) is 64.8 Å². The molecule has 0 saturated heterocycles. The third-order valence-electron chi connectivity index (χ3n) is 2.94. The van der Waals surface area contributed by atoms with Gasteiger partial charge in [0, 0.05) is 0 Å². The second-order valence-electron chi connectivity index (χ2n) is 7.73. The van der Waals surface area contributed by atoms with Gasteiger partial charge in [-0.25, -0.2) is 9.18 Å². The predicted molar refractivity (Wildman–Crippen MR) is 92.3 cm³/mol. The molecule has 0 aliphatic carbocycles. The molecule has 1 aromatic carbocycles. The Labute approximate surface area is 147 Å². The van der Waals surface area contributed by atoms with Crippen molar-refractivity contribution < 1.29 is 23.5 Å². The molecule has 0 fully saturated rings. The maximum Gasteiger partial charge on any atom is 0.408 e. The standard InChI is InChI=1S/C18H27FN2O4/c1-17(2,3)24-15(22)13(20)14(11-7-9-12(19)10-8-11)21-16(23)25-18(4,5)6/h7-10,13-14H,20H2,1-6H3,(H,21,23)/t13-,14-/m1/s1. The lowest BCUT2D eigenvalue weighted by Gasteiger charge is -2.29. The van der Waals surface area contributed by atoms with Crippen molar-refractivity contribution >= 4 is 12.1 Å². The molecule has 0 aliphatic heterocycles. The smallest absolute Gasteiger partial charge is 0.408 e. The molecule has 140 valence electrons. The molecule has 0 aliphatic rings. The Hall–Kier alpha value is -2.15. The van der Waals surface area contributed by atoms with E-state index in [0.717, 1.165) is 0 Å². The normalized spacial score (nSPS) is 14.4. The second kappa shape index (κ2) is 7.82. The van der Waals surface area contributed by atoms with Crippen molar-refractivity contribution in [2.75, 3.05) is 0 Å². The van der Waals surface area contributed by atoms with Crippen LogP contribution in [0.2, 0.25) is 0 Å². The molecule has 0 spiro atoms. The number of nitrogens with one attached hydrogen (secondary N) is 1. The number of amides is 1. The van der Waals surface area contributed by atoms with Gasteiger partial charge in [0.05, 0.1) is 6.04 Å². The minimum Gasteiger partial charge on any atom is -0.459 e. The molecule has 2 atom stereocenters. The monoisotopic (exact) mass is 354 g/mol. The Morgan fingerprint density at radius 1 is 1.00 bits per heavy atom. The van der Waals surface area contributed by atoms with Gasteiger partial charge < -0.3 is 20.5 Å². The van der Waals surface area contributed by atoms with Gasteiger partial charge in [-0.05, 0) is 59.2 Å². The SMILES string of the molecule is CC(C)(C)OC(=O)N[C@H](c1ccc(F)cc1)[C@@H](N)C(=O)OC(C)(C)C. The van der Waals surface area contributed by atoms with Crippen LogP contribution < -0.4 is 11.1 Å². The molecule has 25 heavy (non-hydrogen) atoms. The summed E-state index contributed by atoms with van der Waals surface area (Å²) in [5.74, 6) is -1.12. The minimum atomic E-state index is -1.18. The minimum absolute atomic E-state index is 0.439. The first-order valence-electron chi connectivity index (χ1n) is 8.02. The number of alkyl carbamates (subject to hydrolysis) is 1. The van der Waals surface area contributed by atoms with E-state index in [1.54, 1.807) is 41.5 Å². The van der Waals surface area contributed by atoms with Crippen LogP contribution in [0.15, 0.2) is 24.3 Å². The lowest BCUT2D eigenvalue weighted by atomic mass is 9.99. The van der Waals surface area contributed by atoms with Crippen LogP contribution in [0.3, 0.4) is 0 Å². The number of hydrogen-bond donors (Lipinski definition) is 2. The van der Waals surface area contributed by atoms with Gasteiger partial charge in [0.1, 0.15) is 23.1 Å². The zero-order valence-corrected chi connectivity index (χ0v) is 15.6. The molecule has 1 aromatic rings. The number of rotatable bonds is 4. The second-order valence-corrected chi connectivity index (χ2v) is 7.73. The van der Waals surface area contributed by atoms with E-state index in [-0.39, 0.29) is 0 Å². The first-order chi connectivity index (χ1) is 11.3. The van der Waals surface area contributed by atoms with Crippen molar-refractivity contribution in [3.63, 3.8) is 0 Å². The zero-order chi connectivity index (χ0) is 19.4. The quantitative estimate of drug-likeness (QED) is 0.811. The lowest BCUT2D eigenvalue weighted by molar-refractivity contribution is -0.157. The van der Waals surface area contributed by atoms with Gasteiger partial charge in [0.25, 0.3) is 0 Å². The molecule has 3 N–H and O–H groups in total. The summed E-state index contributed by atoms with van der Waals surface area (Å²) in [6.07, 6.45) is -0.735. The van der Waals surface area contributed by atoms with E-state index in [0.29, 0.717) is 5.56 Å². The molecule has 0 saturated carbocycles. The summed E-state index contributed by atoms with van der Waals surface area (Å²) >= 11 is 0. The number of carbonyl (C=O) groups is 2. The third-order valence-corrected chi connectivity index (χ3v) is 2.94. The highest BCUT2D eigenvalue weighted by Crippen LogP contribution is 2.20. The highest BCUT2D eigenvalue weighted by molar-refractivity contribution is 5.79. The average Bonchev–Trinajstić information content (AvgIpc) is 2.41. The molecular weight excluding hydrogens is 327 g/mol. The van der Waals surface area contributed by atoms with Gasteiger partial charge in [0.15, 0.2) is 0 Å². The molecule has 6 nitrogen and oxygen atoms in total. The molecule has 0 radical (unpaired) electrons. The largest absolute Gasteiger partial charge is 0.459 e. The molecule has 0 heterocycles. The number of carbonyl (C=O) groups excluding carboxylic acids is 2. The van der Waals surface area contributed by atoms with Gasteiger partial charge in [-0.2, -0.15) is 0 Å². The van der Waals surface area contributed by atoms with Crippen molar-refractivity contribution in [1.29, 1.82) is 0 Å².